The summed E-state index contributed by atoms with van der Waals surface area (Å²) in [5.41, 5.74) is 1.98. The van der Waals surface area contributed by atoms with Crippen LogP contribution in [0.4, 0.5) is 0 Å². The maximum atomic E-state index is 2.30. The van der Waals surface area contributed by atoms with Gasteiger partial charge < -0.3 is 0 Å². The van der Waals surface area contributed by atoms with E-state index in [1.807, 2.05) is 0 Å². The van der Waals surface area contributed by atoms with E-state index in [1.165, 1.54) is 19.3 Å². The fraction of sp³-hybridized carbons (Fsp3) is 1.00. The van der Waals surface area contributed by atoms with Crippen LogP contribution in [-0.2, 0) is 0 Å². The van der Waals surface area contributed by atoms with E-state index in [4.69, 9.17) is 0 Å². The second-order valence-corrected chi connectivity index (χ2v) is 10.9. The first-order valence-corrected chi connectivity index (χ1v) is 7.91. The Kier molecular flexibility index (Phi) is 8.00. The molecule has 0 spiro atoms. The van der Waals surface area contributed by atoms with Crippen LogP contribution in [0.3, 0.4) is 0 Å². The predicted octanol–water partition coefficient (Wildman–Crippen LogP) is 7.33. The van der Waals surface area contributed by atoms with E-state index in [2.05, 4.69) is 83.1 Å². The van der Waals surface area contributed by atoms with Crippen LogP contribution in [0.15, 0.2) is 0 Å². The first-order valence-electron chi connectivity index (χ1n) is 7.91. The third kappa shape index (κ3) is 27.3. The molecule has 0 aliphatic heterocycles. The molecule has 0 aliphatic rings. The van der Waals surface area contributed by atoms with Gasteiger partial charge in [0.05, 0.1) is 0 Å². The van der Waals surface area contributed by atoms with E-state index in [-0.39, 0.29) is 0 Å². The lowest BCUT2D eigenvalue weighted by molar-refractivity contribution is 0.233. The number of rotatable bonds is 1. The van der Waals surface area contributed by atoms with E-state index < -0.39 is 0 Å². The molecule has 0 aromatic heterocycles. The average molecular weight is 271 g/mol. The number of hydrogen-bond acceptors (Lipinski definition) is 0. The first kappa shape index (κ1) is 21.3. The fourth-order valence-electron chi connectivity index (χ4n) is 2.34. The van der Waals surface area contributed by atoms with E-state index in [9.17, 15) is 0 Å². The minimum atomic E-state index is 0.484. The zero-order chi connectivity index (χ0) is 16.1. The van der Waals surface area contributed by atoms with Crippen LogP contribution in [0.1, 0.15) is 102 Å². The van der Waals surface area contributed by atoms with Crippen LogP contribution in [0.2, 0.25) is 0 Å². The topological polar surface area (TPSA) is 0 Å². The van der Waals surface area contributed by atoms with Gasteiger partial charge in [0.1, 0.15) is 0 Å². The summed E-state index contributed by atoms with van der Waals surface area (Å²) in [4.78, 5) is 0. The van der Waals surface area contributed by atoms with Crippen molar-refractivity contribution >= 4 is 0 Å². The van der Waals surface area contributed by atoms with Gasteiger partial charge in [-0.25, -0.2) is 0 Å². The Morgan fingerprint density at radius 2 is 0.579 bits per heavy atom. The molecule has 0 rings (SSSR count). The zero-order valence-electron chi connectivity index (χ0n) is 16.1. The monoisotopic (exact) mass is 270 g/mol. The SMILES string of the molecule is CC(C)(C)CC(C)(C)C.CC(C)(C)CCC(C)(C)C. The molecule has 0 fully saturated rings. The third-order valence-electron chi connectivity index (χ3n) is 2.69. The van der Waals surface area contributed by atoms with Gasteiger partial charge in [-0.2, -0.15) is 0 Å². The summed E-state index contributed by atoms with van der Waals surface area (Å²) in [6.07, 6.45) is 3.95. The van der Waals surface area contributed by atoms with Gasteiger partial charge in [0.2, 0.25) is 0 Å². The van der Waals surface area contributed by atoms with Crippen LogP contribution in [0.25, 0.3) is 0 Å². The second kappa shape index (κ2) is 7.14. The average Bonchev–Trinajstić information content (AvgIpc) is 1.91. The zero-order valence-corrected chi connectivity index (χ0v) is 16.1. The van der Waals surface area contributed by atoms with E-state index in [1.54, 1.807) is 0 Å². The van der Waals surface area contributed by atoms with Crippen LogP contribution in [0.5, 0.6) is 0 Å². The summed E-state index contributed by atoms with van der Waals surface area (Å²) in [7, 11) is 0. The van der Waals surface area contributed by atoms with Crippen molar-refractivity contribution in [2.24, 2.45) is 21.7 Å². The standard InChI is InChI=1S/C10H22.C9H20/c1-9(2,3)7-8-10(4,5)6;1-8(2,3)7-9(4,5)6/h7-8H2,1-6H3;7H2,1-6H3. The first-order chi connectivity index (χ1) is 7.91. The molecule has 0 saturated heterocycles. The molecule has 0 radical (unpaired) electrons. The van der Waals surface area contributed by atoms with Crippen LogP contribution < -0.4 is 0 Å². The highest BCUT2D eigenvalue weighted by Crippen LogP contribution is 2.32. The Hall–Kier alpha value is 0. The molecule has 0 saturated carbocycles. The summed E-state index contributed by atoms with van der Waals surface area (Å²) in [5, 5.41) is 0. The molecule has 0 unspecified atom stereocenters. The molecule has 0 aromatic carbocycles. The van der Waals surface area contributed by atoms with Crippen molar-refractivity contribution in [3.63, 3.8) is 0 Å². The van der Waals surface area contributed by atoms with Gasteiger partial charge in [0.15, 0.2) is 0 Å². The van der Waals surface area contributed by atoms with Gasteiger partial charge in [-0.3, -0.25) is 0 Å². The smallest absolute Gasteiger partial charge is 0.0378 e. The molecule has 0 aromatic rings. The molecule has 0 amide bonds. The van der Waals surface area contributed by atoms with E-state index >= 15 is 0 Å². The van der Waals surface area contributed by atoms with Crippen LogP contribution in [-0.4, -0.2) is 0 Å². The fourth-order valence-corrected chi connectivity index (χ4v) is 2.34. The Bertz CT molecular complexity index is 193. The summed E-state index contributed by atoms with van der Waals surface area (Å²) in [6.45, 7) is 27.6. The molecule has 0 atom stereocenters. The normalized spacial score (nSPS) is 13.9. The number of hydrogen-bond donors (Lipinski definition) is 0. The maximum Gasteiger partial charge on any atom is -0.0378 e. The molecular formula is C19H42. The second-order valence-electron chi connectivity index (χ2n) is 10.9. The molecule has 0 heterocycles. The maximum absolute atomic E-state index is 2.30. The van der Waals surface area contributed by atoms with Gasteiger partial charge in [0.25, 0.3) is 0 Å². The Balaban J connectivity index is 0. The predicted molar refractivity (Wildman–Crippen MR) is 91.7 cm³/mol. The van der Waals surface area contributed by atoms with Gasteiger partial charge in [0, 0.05) is 0 Å². The molecular weight excluding hydrogens is 228 g/mol. The van der Waals surface area contributed by atoms with Crippen molar-refractivity contribution in [3.05, 3.63) is 0 Å². The summed E-state index contributed by atoms with van der Waals surface area (Å²) in [6, 6.07) is 0. The molecule has 0 bridgehead atoms. The summed E-state index contributed by atoms with van der Waals surface area (Å²) in [5.74, 6) is 0. The highest BCUT2D eigenvalue weighted by atomic mass is 14.3. The van der Waals surface area contributed by atoms with E-state index in [0.717, 1.165) is 0 Å². The van der Waals surface area contributed by atoms with Crippen molar-refractivity contribution in [1.29, 1.82) is 0 Å². The Morgan fingerprint density at radius 1 is 0.368 bits per heavy atom. The highest BCUT2D eigenvalue weighted by Gasteiger charge is 2.20. The largest absolute Gasteiger partial charge is 0.0602 e. The van der Waals surface area contributed by atoms with Crippen molar-refractivity contribution in [1.82, 2.24) is 0 Å². The minimum Gasteiger partial charge on any atom is -0.0602 e. The third-order valence-corrected chi connectivity index (χ3v) is 2.69. The molecule has 0 heteroatoms. The van der Waals surface area contributed by atoms with Crippen molar-refractivity contribution < 1.29 is 0 Å². The van der Waals surface area contributed by atoms with Gasteiger partial charge in [-0.1, -0.05) is 83.1 Å². The van der Waals surface area contributed by atoms with Crippen molar-refractivity contribution in [3.8, 4) is 0 Å². The minimum absolute atomic E-state index is 0.484. The molecule has 19 heavy (non-hydrogen) atoms. The molecule has 118 valence electrons. The lowest BCUT2D eigenvalue weighted by Crippen LogP contribution is -2.16. The van der Waals surface area contributed by atoms with E-state index in [0.29, 0.717) is 21.7 Å². The molecule has 0 aliphatic carbocycles. The summed E-state index contributed by atoms with van der Waals surface area (Å²) < 4.78 is 0. The van der Waals surface area contributed by atoms with Crippen LogP contribution in [0, 0.1) is 21.7 Å². The highest BCUT2D eigenvalue weighted by molar-refractivity contribution is 4.71. The van der Waals surface area contributed by atoms with Crippen molar-refractivity contribution in [2.75, 3.05) is 0 Å². The lowest BCUT2D eigenvalue weighted by atomic mass is 9.78. The molecule has 0 N–H and O–H groups in total. The Morgan fingerprint density at radius 3 is 0.632 bits per heavy atom. The Labute approximate surface area is 124 Å². The molecule has 0 nitrogen and oxygen atoms in total. The van der Waals surface area contributed by atoms with Gasteiger partial charge >= 0.3 is 0 Å². The quantitative estimate of drug-likeness (QED) is 0.468. The van der Waals surface area contributed by atoms with Gasteiger partial charge in [-0.15, -0.1) is 0 Å². The van der Waals surface area contributed by atoms with Crippen LogP contribution >= 0.6 is 0 Å². The van der Waals surface area contributed by atoms with Crippen molar-refractivity contribution in [2.45, 2.75) is 102 Å². The van der Waals surface area contributed by atoms with Gasteiger partial charge in [-0.05, 0) is 40.9 Å². The lowest BCUT2D eigenvalue weighted by Gasteiger charge is -2.28. The summed E-state index contributed by atoms with van der Waals surface area (Å²) >= 11 is 0.